The molecule has 2 aromatic rings. The van der Waals surface area contributed by atoms with Crippen molar-refractivity contribution in [3.63, 3.8) is 0 Å². The third kappa shape index (κ3) is 2.14. The van der Waals surface area contributed by atoms with Gasteiger partial charge in [0, 0.05) is 24.5 Å². The van der Waals surface area contributed by atoms with Crippen LogP contribution in [0.2, 0.25) is 0 Å². The molecule has 0 spiro atoms. The first kappa shape index (κ1) is 10.9. The summed E-state index contributed by atoms with van der Waals surface area (Å²) in [6, 6.07) is 7.88. The molecule has 1 aromatic heterocycles. The highest BCUT2D eigenvalue weighted by atomic mass is 16.3. The van der Waals surface area contributed by atoms with Gasteiger partial charge in [-0.2, -0.15) is 0 Å². The van der Waals surface area contributed by atoms with Gasteiger partial charge in [-0.05, 0) is 24.1 Å². The third-order valence-corrected chi connectivity index (χ3v) is 2.59. The minimum atomic E-state index is 0.0893. The van der Waals surface area contributed by atoms with E-state index in [1.165, 1.54) is 0 Å². The molecule has 0 unspecified atom stereocenters. The molecular weight excluding hydrogens is 200 g/mol. The van der Waals surface area contributed by atoms with Gasteiger partial charge in [-0.3, -0.25) is 0 Å². The normalized spacial score (nSPS) is 10.6. The molecule has 3 nitrogen and oxygen atoms in total. The van der Waals surface area contributed by atoms with E-state index >= 15 is 0 Å². The van der Waals surface area contributed by atoms with Crippen LogP contribution in [0.4, 0.5) is 0 Å². The number of aliphatic hydroxyl groups excluding tert-OH is 1. The van der Waals surface area contributed by atoms with Crippen molar-refractivity contribution in [2.45, 2.75) is 26.4 Å². The Bertz CT molecular complexity index is 445. The lowest BCUT2D eigenvalue weighted by Crippen LogP contribution is -2.00. The minimum absolute atomic E-state index is 0.0893. The summed E-state index contributed by atoms with van der Waals surface area (Å²) < 4.78 is 2.09. The minimum Gasteiger partial charge on any atom is -0.392 e. The highest BCUT2D eigenvalue weighted by Crippen LogP contribution is 2.13. The van der Waals surface area contributed by atoms with E-state index < -0.39 is 0 Å². The van der Waals surface area contributed by atoms with Crippen molar-refractivity contribution in [3.8, 4) is 5.69 Å². The van der Waals surface area contributed by atoms with E-state index in [1.807, 2.05) is 36.7 Å². The number of benzene rings is 1. The zero-order valence-electron chi connectivity index (χ0n) is 9.43. The molecule has 3 heteroatoms. The van der Waals surface area contributed by atoms with Gasteiger partial charge in [0.15, 0.2) is 0 Å². The quantitative estimate of drug-likeness (QED) is 0.851. The van der Waals surface area contributed by atoms with Gasteiger partial charge < -0.3 is 9.67 Å². The fourth-order valence-corrected chi connectivity index (χ4v) is 1.74. The molecule has 2 rings (SSSR count). The molecule has 1 heterocycles. The van der Waals surface area contributed by atoms with Crippen LogP contribution < -0.4 is 0 Å². The molecule has 84 valence electrons. The molecule has 0 aliphatic carbocycles. The van der Waals surface area contributed by atoms with Gasteiger partial charge in [-0.15, -0.1) is 0 Å². The number of nitrogens with zero attached hydrogens (tertiary/aromatic N) is 2. The highest BCUT2D eigenvalue weighted by molar-refractivity contribution is 5.35. The molecule has 0 atom stereocenters. The van der Waals surface area contributed by atoms with E-state index in [2.05, 4.69) is 16.5 Å². The van der Waals surface area contributed by atoms with Crippen molar-refractivity contribution in [2.24, 2.45) is 0 Å². The van der Waals surface area contributed by atoms with Crippen LogP contribution in [0.15, 0.2) is 36.7 Å². The van der Waals surface area contributed by atoms with Crippen molar-refractivity contribution >= 4 is 0 Å². The summed E-state index contributed by atoms with van der Waals surface area (Å²) in [6.45, 7) is 2.24. The molecule has 0 saturated carbocycles. The maximum Gasteiger partial charge on any atom is 0.113 e. The van der Waals surface area contributed by atoms with Gasteiger partial charge in [0.05, 0.1) is 6.61 Å². The molecule has 0 radical (unpaired) electrons. The van der Waals surface area contributed by atoms with Crippen molar-refractivity contribution in [3.05, 3.63) is 48.0 Å². The van der Waals surface area contributed by atoms with Crippen LogP contribution in [-0.2, 0) is 13.0 Å². The zero-order valence-corrected chi connectivity index (χ0v) is 9.43. The Hall–Kier alpha value is -1.61. The lowest BCUT2D eigenvalue weighted by atomic mass is 10.2. The highest BCUT2D eigenvalue weighted by Gasteiger charge is 2.03. The Balaban J connectivity index is 2.31. The smallest absolute Gasteiger partial charge is 0.113 e. The van der Waals surface area contributed by atoms with Gasteiger partial charge in [0.25, 0.3) is 0 Å². The first-order chi connectivity index (χ1) is 7.85. The molecular formula is C13H16N2O. The Labute approximate surface area is 95.4 Å². The van der Waals surface area contributed by atoms with Crippen molar-refractivity contribution < 1.29 is 5.11 Å². The summed E-state index contributed by atoms with van der Waals surface area (Å²) in [5, 5.41) is 8.98. The predicted octanol–water partition coefficient (Wildman–Crippen LogP) is 2.32. The van der Waals surface area contributed by atoms with E-state index in [4.69, 9.17) is 5.11 Å². The average molecular weight is 216 g/mol. The van der Waals surface area contributed by atoms with Crippen molar-refractivity contribution in [1.29, 1.82) is 0 Å². The summed E-state index contributed by atoms with van der Waals surface area (Å²) in [7, 11) is 0. The first-order valence-electron chi connectivity index (χ1n) is 5.57. The first-order valence-corrected chi connectivity index (χ1v) is 5.57. The topological polar surface area (TPSA) is 38.0 Å². The Morgan fingerprint density at radius 1 is 1.25 bits per heavy atom. The number of hydrogen-bond donors (Lipinski definition) is 1. The molecule has 1 aromatic carbocycles. The standard InChI is InChI=1S/C13H16N2O/c1-2-3-13-14-8-9-15(13)12-6-4-11(10-16)5-7-12/h4-9,16H,2-3,10H2,1H3. The molecule has 1 N–H and O–H groups in total. The zero-order chi connectivity index (χ0) is 11.4. The van der Waals surface area contributed by atoms with E-state index in [-0.39, 0.29) is 6.61 Å². The number of aryl methyl sites for hydroxylation is 1. The summed E-state index contributed by atoms with van der Waals surface area (Å²) >= 11 is 0. The number of hydrogen-bond acceptors (Lipinski definition) is 2. The summed E-state index contributed by atoms with van der Waals surface area (Å²) in [5.74, 6) is 1.08. The maximum absolute atomic E-state index is 8.98. The van der Waals surface area contributed by atoms with Crippen LogP contribution in [-0.4, -0.2) is 14.7 Å². The number of imidazole rings is 1. The van der Waals surface area contributed by atoms with E-state index in [0.717, 1.165) is 29.9 Å². The lowest BCUT2D eigenvalue weighted by Gasteiger charge is -2.07. The van der Waals surface area contributed by atoms with Crippen LogP contribution >= 0.6 is 0 Å². The van der Waals surface area contributed by atoms with Crippen LogP contribution in [0.5, 0.6) is 0 Å². The Morgan fingerprint density at radius 2 is 2.00 bits per heavy atom. The van der Waals surface area contributed by atoms with Crippen molar-refractivity contribution in [1.82, 2.24) is 9.55 Å². The Kier molecular flexibility index (Phi) is 3.37. The van der Waals surface area contributed by atoms with Crippen LogP contribution in [0.3, 0.4) is 0 Å². The summed E-state index contributed by atoms with van der Waals surface area (Å²) in [6.07, 6.45) is 5.87. The molecule has 16 heavy (non-hydrogen) atoms. The Morgan fingerprint density at radius 3 is 2.62 bits per heavy atom. The van der Waals surface area contributed by atoms with Gasteiger partial charge in [-0.1, -0.05) is 19.1 Å². The second kappa shape index (κ2) is 4.94. The van der Waals surface area contributed by atoms with E-state index in [1.54, 1.807) is 0 Å². The SMILES string of the molecule is CCCc1nccn1-c1ccc(CO)cc1. The number of rotatable bonds is 4. The van der Waals surface area contributed by atoms with E-state index in [9.17, 15) is 0 Å². The lowest BCUT2D eigenvalue weighted by molar-refractivity contribution is 0.282. The van der Waals surface area contributed by atoms with E-state index in [0.29, 0.717) is 0 Å². The van der Waals surface area contributed by atoms with Crippen LogP contribution in [0.1, 0.15) is 24.7 Å². The molecule has 0 saturated heterocycles. The molecule has 0 amide bonds. The number of aromatic nitrogens is 2. The fourth-order valence-electron chi connectivity index (χ4n) is 1.74. The van der Waals surface area contributed by atoms with Gasteiger partial charge in [0.2, 0.25) is 0 Å². The van der Waals surface area contributed by atoms with Gasteiger partial charge in [0.1, 0.15) is 5.82 Å². The average Bonchev–Trinajstić information content (AvgIpc) is 2.78. The second-order valence-corrected chi connectivity index (χ2v) is 3.79. The molecule has 0 fully saturated rings. The second-order valence-electron chi connectivity index (χ2n) is 3.79. The third-order valence-electron chi connectivity index (χ3n) is 2.59. The van der Waals surface area contributed by atoms with Crippen LogP contribution in [0.25, 0.3) is 5.69 Å². The van der Waals surface area contributed by atoms with Gasteiger partial charge in [-0.25, -0.2) is 4.98 Å². The van der Waals surface area contributed by atoms with Crippen LogP contribution in [0, 0.1) is 0 Å². The molecule has 0 aliphatic heterocycles. The molecule has 0 bridgehead atoms. The summed E-state index contributed by atoms with van der Waals surface area (Å²) in [4.78, 5) is 4.34. The molecule has 0 aliphatic rings. The predicted molar refractivity (Wildman–Crippen MR) is 63.5 cm³/mol. The monoisotopic (exact) mass is 216 g/mol. The summed E-state index contributed by atoms with van der Waals surface area (Å²) in [5.41, 5.74) is 2.03. The van der Waals surface area contributed by atoms with Crippen molar-refractivity contribution in [2.75, 3.05) is 0 Å². The number of aliphatic hydroxyl groups is 1. The maximum atomic E-state index is 8.98. The van der Waals surface area contributed by atoms with Gasteiger partial charge >= 0.3 is 0 Å². The largest absolute Gasteiger partial charge is 0.392 e. The fraction of sp³-hybridized carbons (Fsp3) is 0.308.